The lowest BCUT2D eigenvalue weighted by Crippen LogP contribution is -2.34. The molecule has 0 fully saturated rings. The highest BCUT2D eigenvalue weighted by Gasteiger charge is 2.30. The van der Waals surface area contributed by atoms with Crippen LogP contribution in [0.15, 0.2) is 36.4 Å². The Kier molecular flexibility index (Phi) is 3.89. The van der Waals surface area contributed by atoms with Crippen LogP contribution in [0.25, 0.3) is 11.0 Å². The van der Waals surface area contributed by atoms with Gasteiger partial charge in [-0.25, -0.2) is 4.39 Å². The average molecular weight is 356 g/mol. The minimum atomic E-state index is -0.631. The topological polar surface area (TPSA) is 84.0 Å². The molecule has 0 spiro atoms. The zero-order valence-corrected chi connectivity index (χ0v) is 13.8. The Hall–Kier alpha value is -2.87. The van der Waals surface area contributed by atoms with Crippen molar-refractivity contribution in [2.75, 3.05) is 5.32 Å². The maximum Gasteiger partial charge on any atom is 0.228 e. The first-order chi connectivity index (χ1) is 12.1. The van der Waals surface area contributed by atoms with Gasteiger partial charge in [-0.15, -0.1) is 0 Å². The molecule has 0 saturated heterocycles. The van der Waals surface area contributed by atoms with Gasteiger partial charge in [0.15, 0.2) is 0 Å². The van der Waals surface area contributed by atoms with E-state index in [2.05, 4.69) is 19.4 Å². The number of rotatable bonds is 3. The highest BCUT2D eigenvalue weighted by molar-refractivity contribution is 7.00. The highest BCUT2D eigenvalue weighted by Crippen LogP contribution is 2.32. The summed E-state index contributed by atoms with van der Waals surface area (Å²) in [5.41, 5.74) is 3.48. The van der Waals surface area contributed by atoms with Crippen LogP contribution in [0.5, 0.6) is 0 Å². The van der Waals surface area contributed by atoms with Gasteiger partial charge in [0.25, 0.3) is 0 Å². The summed E-state index contributed by atoms with van der Waals surface area (Å²) >= 11 is 1.14. The SMILES string of the molecule is O=C1C[C@@H](C(=O)NCc2ccc3nsnc3c2)c2ccc(F)cc2N1. The maximum atomic E-state index is 13.4. The van der Waals surface area contributed by atoms with E-state index < -0.39 is 11.7 Å². The number of carbonyl (C=O) groups excluding carboxylic acids is 2. The fourth-order valence-electron chi connectivity index (χ4n) is 2.92. The Labute approximate surface area is 146 Å². The first-order valence-corrected chi connectivity index (χ1v) is 8.41. The summed E-state index contributed by atoms with van der Waals surface area (Å²) in [4.78, 5) is 24.4. The first-order valence-electron chi connectivity index (χ1n) is 7.68. The zero-order chi connectivity index (χ0) is 17.4. The lowest BCUT2D eigenvalue weighted by Gasteiger charge is -2.24. The van der Waals surface area contributed by atoms with E-state index in [1.54, 1.807) is 6.07 Å². The van der Waals surface area contributed by atoms with Gasteiger partial charge in [0, 0.05) is 18.7 Å². The standard InChI is InChI=1S/C17H13FN4O2S/c18-10-2-3-11-12(7-16(23)20-14(11)6-10)17(24)19-8-9-1-4-13-15(5-9)22-25-21-13/h1-6,12H,7-8H2,(H,19,24)(H,20,23)/t12-/m1/s1. The molecule has 2 amide bonds. The van der Waals surface area contributed by atoms with E-state index >= 15 is 0 Å². The normalized spacial score (nSPS) is 16.4. The number of nitrogens with one attached hydrogen (secondary N) is 2. The van der Waals surface area contributed by atoms with Crippen LogP contribution in [-0.4, -0.2) is 20.6 Å². The van der Waals surface area contributed by atoms with E-state index in [-0.39, 0.29) is 18.2 Å². The molecule has 3 aromatic rings. The van der Waals surface area contributed by atoms with E-state index in [1.165, 1.54) is 12.1 Å². The molecule has 2 aromatic carbocycles. The maximum absolute atomic E-state index is 13.4. The van der Waals surface area contributed by atoms with E-state index in [9.17, 15) is 14.0 Å². The van der Waals surface area contributed by atoms with Crippen LogP contribution in [0, 0.1) is 5.82 Å². The number of nitrogens with zero attached hydrogens (tertiary/aromatic N) is 2. The Morgan fingerprint density at radius 2 is 2.08 bits per heavy atom. The van der Waals surface area contributed by atoms with Gasteiger partial charge in [-0.2, -0.15) is 8.75 Å². The van der Waals surface area contributed by atoms with Crippen molar-refractivity contribution in [1.29, 1.82) is 0 Å². The Balaban J connectivity index is 1.52. The van der Waals surface area contributed by atoms with Crippen LogP contribution in [-0.2, 0) is 16.1 Å². The quantitative estimate of drug-likeness (QED) is 0.755. The van der Waals surface area contributed by atoms with Crippen molar-refractivity contribution in [3.8, 4) is 0 Å². The second-order valence-corrected chi connectivity index (χ2v) is 6.37. The van der Waals surface area contributed by atoms with E-state index in [4.69, 9.17) is 0 Å². The molecule has 1 aliphatic heterocycles. The van der Waals surface area contributed by atoms with E-state index in [1.807, 2.05) is 18.2 Å². The molecule has 8 heteroatoms. The van der Waals surface area contributed by atoms with Crippen molar-refractivity contribution >= 4 is 40.3 Å². The summed E-state index contributed by atoms with van der Waals surface area (Å²) in [5, 5.41) is 5.45. The van der Waals surface area contributed by atoms with Crippen molar-refractivity contribution in [2.24, 2.45) is 0 Å². The molecule has 1 aliphatic rings. The fourth-order valence-corrected chi connectivity index (χ4v) is 3.44. The van der Waals surface area contributed by atoms with Crippen molar-refractivity contribution in [3.63, 3.8) is 0 Å². The van der Waals surface area contributed by atoms with Crippen LogP contribution in [0.2, 0.25) is 0 Å². The molecule has 1 atom stereocenters. The number of halogens is 1. The minimum Gasteiger partial charge on any atom is -0.351 e. The molecule has 2 heterocycles. The predicted molar refractivity (Wildman–Crippen MR) is 91.6 cm³/mol. The third-order valence-corrected chi connectivity index (χ3v) is 4.71. The highest BCUT2D eigenvalue weighted by atomic mass is 32.1. The van der Waals surface area contributed by atoms with Gasteiger partial charge in [0.2, 0.25) is 11.8 Å². The second kappa shape index (κ2) is 6.21. The van der Waals surface area contributed by atoms with Crippen molar-refractivity contribution in [2.45, 2.75) is 18.9 Å². The number of anilines is 1. The molecule has 0 saturated carbocycles. The fraction of sp³-hybridized carbons (Fsp3) is 0.176. The average Bonchev–Trinajstić information content (AvgIpc) is 3.06. The number of aromatic nitrogens is 2. The second-order valence-electron chi connectivity index (χ2n) is 5.84. The molecule has 0 bridgehead atoms. The van der Waals surface area contributed by atoms with Gasteiger partial charge in [-0.05, 0) is 35.4 Å². The van der Waals surface area contributed by atoms with Gasteiger partial charge < -0.3 is 10.6 Å². The van der Waals surface area contributed by atoms with Crippen LogP contribution in [0.3, 0.4) is 0 Å². The Bertz CT molecular complexity index is 988. The first kappa shape index (κ1) is 15.6. The molecule has 0 radical (unpaired) electrons. The number of hydrogen-bond acceptors (Lipinski definition) is 5. The molecule has 2 N–H and O–H groups in total. The molecule has 126 valence electrons. The summed E-state index contributed by atoms with van der Waals surface area (Å²) in [6, 6.07) is 9.67. The number of fused-ring (bicyclic) bond motifs is 2. The number of benzene rings is 2. The Morgan fingerprint density at radius 3 is 2.96 bits per heavy atom. The molecule has 0 unspecified atom stereocenters. The minimum absolute atomic E-state index is 0.0412. The Morgan fingerprint density at radius 1 is 1.24 bits per heavy atom. The van der Waals surface area contributed by atoms with E-state index in [0.29, 0.717) is 17.8 Å². The summed E-state index contributed by atoms with van der Waals surface area (Å²) in [6.07, 6.45) is 0.0412. The lowest BCUT2D eigenvalue weighted by molar-refractivity contribution is -0.126. The number of hydrogen-bond donors (Lipinski definition) is 2. The molecule has 0 aliphatic carbocycles. The van der Waals surface area contributed by atoms with Crippen molar-refractivity contribution in [1.82, 2.24) is 14.1 Å². The molecule has 6 nitrogen and oxygen atoms in total. The molecule has 1 aromatic heterocycles. The van der Waals surface area contributed by atoms with Gasteiger partial charge in [0.05, 0.1) is 17.6 Å². The molecule has 25 heavy (non-hydrogen) atoms. The lowest BCUT2D eigenvalue weighted by atomic mass is 9.89. The van der Waals surface area contributed by atoms with Crippen molar-refractivity contribution in [3.05, 3.63) is 53.3 Å². The largest absolute Gasteiger partial charge is 0.351 e. The molecule has 4 rings (SSSR count). The molecular weight excluding hydrogens is 343 g/mol. The van der Waals surface area contributed by atoms with Gasteiger partial charge >= 0.3 is 0 Å². The van der Waals surface area contributed by atoms with Crippen LogP contribution in [0.1, 0.15) is 23.5 Å². The van der Waals surface area contributed by atoms with Gasteiger partial charge in [-0.3, -0.25) is 9.59 Å². The predicted octanol–water partition coefficient (Wildman–Crippen LogP) is 2.57. The van der Waals surface area contributed by atoms with Crippen molar-refractivity contribution < 1.29 is 14.0 Å². The summed E-state index contributed by atoms with van der Waals surface area (Å²) in [6.45, 7) is 0.320. The third kappa shape index (κ3) is 3.08. The number of amides is 2. The van der Waals surface area contributed by atoms with Gasteiger partial charge in [-0.1, -0.05) is 12.1 Å². The zero-order valence-electron chi connectivity index (χ0n) is 13.0. The molecular formula is C17H13FN4O2S. The van der Waals surface area contributed by atoms with Crippen LogP contribution in [0.4, 0.5) is 10.1 Å². The van der Waals surface area contributed by atoms with Crippen LogP contribution < -0.4 is 10.6 Å². The monoisotopic (exact) mass is 356 g/mol. The summed E-state index contributed by atoms with van der Waals surface area (Å²) in [7, 11) is 0. The smallest absolute Gasteiger partial charge is 0.228 e. The van der Waals surface area contributed by atoms with Crippen LogP contribution >= 0.6 is 11.7 Å². The third-order valence-electron chi connectivity index (χ3n) is 4.16. The van der Waals surface area contributed by atoms with E-state index in [0.717, 1.165) is 28.3 Å². The summed E-state index contributed by atoms with van der Waals surface area (Å²) < 4.78 is 21.7. The summed E-state index contributed by atoms with van der Waals surface area (Å²) in [5.74, 6) is -1.65. The number of carbonyl (C=O) groups is 2. The van der Waals surface area contributed by atoms with Gasteiger partial charge in [0.1, 0.15) is 16.9 Å².